The van der Waals surface area contributed by atoms with Crippen molar-refractivity contribution in [3.63, 3.8) is 0 Å². The lowest BCUT2D eigenvalue weighted by atomic mass is 10.1. The maximum Gasteiger partial charge on any atom is 0.573 e. The molecule has 0 saturated heterocycles. The zero-order chi connectivity index (χ0) is 14.8. The molecule has 0 saturated carbocycles. The second kappa shape index (κ2) is 5.10. The molecule has 1 rings (SSSR count). The normalized spacial score (nSPS) is 12.8. The van der Waals surface area contributed by atoms with Gasteiger partial charge in [0, 0.05) is 6.07 Å². The smallest absolute Gasteiger partial charge is 0.479 e. The van der Waals surface area contributed by atoms with E-state index >= 15 is 0 Å². The number of aliphatic carboxylic acids is 1. The first kappa shape index (κ1) is 14.7. The third kappa shape index (κ3) is 3.81. The Kier molecular flexibility index (Phi) is 3.95. The lowest BCUT2D eigenvalue weighted by molar-refractivity contribution is -0.388. The van der Waals surface area contributed by atoms with Crippen molar-refractivity contribution >= 4 is 11.7 Å². The van der Waals surface area contributed by atoms with E-state index in [4.69, 9.17) is 10.2 Å². The Labute approximate surface area is 103 Å². The van der Waals surface area contributed by atoms with Crippen LogP contribution in [0.2, 0.25) is 0 Å². The molecule has 0 aromatic heterocycles. The van der Waals surface area contributed by atoms with Gasteiger partial charge in [0.1, 0.15) is 0 Å². The monoisotopic (exact) mass is 281 g/mol. The van der Waals surface area contributed by atoms with Gasteiger partial charge in [0.2, 0.25) is 5.75 Å². The predicted octanol–water partition coefficient (Wildman–Crippen LogP) is 1.61. The molecule has 0 aliphatic rings. The predicted molar refractivity (Wildman–Crippen MR) is 52.4 cm³/mol. The molecule has 0 heterocycles. The Morgan fingerprint density at radius 1 is 1.42 bits per heavy atom. The van der Waals surface area contributed by atoms with Gasteiger partial charge in [-0.05, 0) is 11.6 Å². The number of ether oxygens (including phenoxy) is 1. The van der Waals surface area contributed by atoms with Crippen molar-refractivity contribution in [2.24, 2.45) is 0 Å². The number of carboxylic acid groups (broad SMARTS) is 1. The van der Waals surface area contributed by atoms with Crippen LogP contribution in [0.15, 0.2) is 18.2 Å². The molecular weight excluding hydrogens is 275 g/mol. The van der Waals surface area contributed by atoms with E-state index in [1.54, 1.807) is 0 Å². The molecule has 0 aliphatic carbocycles. The first-order valence-corrected chi connectivity index (χ1v) is 4.57. The van der Waals surface area contributed by atoms with Crippen molar-refractivity contribution < 1.29 is 37.8 Å². The number of aliphatic hydroxyl groups is 1. The van der Waals surface area contributed by atoms with Crippen LogP contribution in [-0.2, 0) is 4.79 Å². The second-order valence-corrected chi connectivity index (χ2v) is 3.27. The van der Waals surface area contributed by atoms with Gasteiger partial charge in [-0.2, -0.15) is 0 Å². The summed E-state index contributed by atoms with van der Waals surface area (Å²) >= 11 is 0. The maximum absolute atomic E-state index is 12.0. The Morgan fingerprint density at radius 3 is 2.42 bits per heavy atom. The lowest BCUT2D eigenvalue weighted by Crippen LogP contribution is -2.18. The standard InChI is InChI=1S/C9H6F3NO6/c10-9(11,12)19-6-2-1-4(7(14)8(15)16)3-5(6)13(17)18/h1-3,7,14H,(H,15,16). The average molecular weight is 281 g/mol. The highest BCUT2D eigenvalue weighted by Gasteiger charge is 2.35. The first-order chi connectivity index (χ1) is 8.61. The summed E-state index contributed by atoms with van der Waals surface area (Å²) in [5, 5.41) is 28.2. The van der Waals surface area contributed by atoms with Gasteiger partial charge in [-0.15, -0.1) is 13.2 Å². The number of halogens is 3. The molecule has 1 aromatic rings. The summed E-state index contributed by atoms with van der Waals surface area (Å²) in [6, 6.07) is 1.85. The van der Waals surface area contributed by atoms with Gasteiger partial charge in [0.25, 0.3) is 0 Å². The number of benzene rings is 1. The van der Waals surface area contributed by atoms with E-state index in [2.05, 4.69) is 4.74 Å². The summed E-state index contributed by atoms with van der Waals surface area (Å²) in [5.74, 6) is -2.79. The molecule has 7 nitrogen and oxygen atoms in total. The summed E-state index contributed by atoms with van der Waals surface area (Å²) in [5.41, 5.74) is -1.54. The van der Waals surface area contributed by atoms with E-state index in [0.717, 1.165) is 6.07 Å². The third-order valence-corrected chi connectivity index (χ3v) is 1.96. The molecule has 104 valence electrons. The van der Waals surface area contributed by atoms with Gasteiger partial charge in [-0.25, -0.2) is 4.79 Å². The average Bonchev–Trinajstić information content (AvgIpc) is 2.26. The summed E-state index contributed by atoms with van der Waals surface area (Å²) in [4.78, 5) is 19.9. The Bertz CT molecular complexity index is 515. The number of rotatable bonds is 4. The van der Waals surface area contributed by atoms with Crippen LogP contribution in [0.1, 0.15) is 11.7 Å². The molecular formula is C9H6F3NO6. The Hall–Kier alpha value is -2.36. The molecule has 0 bridgehead atoms. The van der Waals surface area contributed by atoms with Gasteiger partial charge in [0.15, 0.2) is 6.10 Å². The van der Waals surface area contributed by atoms with Crippen LogP contribution in [0.4, 0.5) is 18.9 Å². The van der Waals surface area contributed by atoms with Gasteiger partial charge in [-0.1, -0.05) is 6.07 Å². The van der Waals surface area contributed by atoms with Crippen LogP contribution in [0.3, 0.4) is 0 Å². The Balaban J connectivity index is 3.22. The topological polar surface area (TPSA) is 110 Å². The van der Waals surface area contributed by atoms with E-state index in [0.29, 0.717) is 12.1 Å². The highest BCUT2D eigenvalue weighted by atomic mass is 19.4. The van der Waals surface area contributed by atoms with Gasteiger partial charge in [-0.3, -0.25) is 10.1 Å². The number of hydrogen-bond donors (Lipinski definition) is 2. The minimum atomic E-state index is -5.13. The fourth-order valence-corrected chi connectivity index (χ4v) is 1.20. The Morgan fingerprint density at radius 2 is 2.00 bits per heavy atom. The zero-order valence-electron chi connectivity index (χ0n) is 8.92. The van der Waals surface area contributed by atoms with Crippen molar-refractivity contribution in [3.05, 3.63) is 33.9 Å². The fourth-order valence-electron chi connectivity index (χ4n) is 1.20. The summed E-state index contributed by atoms with van der Waals surface area (Å²) in [6.07, 6.45) is -7.21. The molecule has 0 fully saturated rings. The van der Waals surface area contributed by atoms with Crippen molar-refractivity contribution in [2.45, 2.75) is 12.5 Å². The summed E-state index contributed by atoms with van der Waals surface area (Å²) in [6.45, 7) is 0. The molecule has 2 N–H and O–H groups in total. The number of hydrogen-bond acceptors (Lipinski definition) is 5. The largest absolute Gasteiger partial charge is 0.573 e. The fraction of sp³-hybridized carbons (Fsp3) is 0.222. The molecule has 1 unspecified atom stereocenters. The molecule has 1 atom stereocenters. The van der Waals surface area contributed by atoms with Crippen LogP contribution < -0.4 is 4.74 Å². The SMILES string of the molecule is O=C(O)C(O)c1ccc(OC(F)(F)F)c([N+](=O)[O-])c1. The number of alkyl halides is 3. The van der Waals surface area contributed by atoms with E-state index in [1.165, 1.54) is 0 Å². The number of aliphatic hydroxyl groups excluding tert-OH is 1. The lowest BCUT2D eigenvalue weighted by Gasteiger charge is -2.11. The molecule has 0 amide bonds. The van der Waals surface area contributed by atoms with Crippen LogP contribution in [-0.4, -0.2) is 27.5 Å². The van der Waals surface area contributed by atoms with Crippen LogP contribution in [0.5, 0.6) is 5.75 Å². The molecule has 19 heavy (non-hydrogen) atoms. The second-order valence-electron chi connectivity index (χ2n) is 3.27. The van der Waals surface area contributed by atoms with E-state index in [9.17, 15) is 28.1 Å². The van der Waals surface area contributed by atoms with E-state index in [-0.39, 0.29) is 0 Å². The highest BCUT2D eigenvalue weighted by Crippen LogP contribution is 2.34. The third-order valence-electron chi connectivity index (χ3n) is 1.96. The van der Waals surface area contributed by atoms with Gasteiger partial charge >= 0.3 is 18.0 Å². The zero-order valence-corrected chi connectivity index (χ0v) is 8.92. The van der Waals surface area contributed by atoms with Gasteiger partial charge in [0.05, 0.1) is 4.92 Å². The van der Waals surface area contributed by atoms with Crippen molar-refractivity contribution in [1.82, 2.24) is 0 Å². The number of nitro benzene ring substituents is 1. The molecule has 0 aliphatic heterocycles. The van der Waals surface area contributed by atoms with E-state index < -0.39 is 40.4 Å². The number of nitrogens with zero attached hydrogens (tertiary/aromatic N) is 1. The molecule has 1 aromatic carbocycles. The van der Waals surface area contributed by atoms with Crippen LogP contribution in [0.25, 0.3) is 0 Å². The van der Waals surface area contributed by atoms with Crippen LogP contribution in [0, 0.1) is 10.1 Å². The highest BCUT2D eigenvalue weighted by molar-refractivity contribution is 5.74. The minimum Gasteiger partial charge on any atom is -0.479 e. The maximum atomic E-state index is 12.0. The van der Waals surface area contributed by atoms with Crippen molar-refractivity contribution in [2.75, 3.05) is 0 Å². The summed E-state index contributed by atoms with van der Waals surface area (Å²) < 4.78 is 39.4. The van der Waals surface area contributed by atoms with Crippen molar-refractivity contribution in [3.8, 4) is 5.75 Å². The minimum absolute atomic E-state index is 0.436. The van der Waals surface area contributed by atoms with Crippen LogP contribution >= 0.6 is 0 Å². The molecule has 10 heteroatoms. The molecule has 0 spiro atoms. The quantitative estimate of drug-likeness (QED) is 0.640. The number of nitro groups is 1. The van der Waals surface area contributed by atoms with Crippen molar-refractivity contribution in [1.29, 1.82) is 0 Å². The first-order valence-electron chi connectivity index (χ1n) is 4.57. The molecule has 0 radical (unpaired) electrons. The summed E-state index contributed by atoms with van der Waals surface area (Å²) in [7, 11) is 0. The van der Waals surface area contributed by atoms with Gasteiger partial charge < -0.3 is 14.9 Å². The van der Waals surface area contributed by atoms with E-state index in [1.807, 2.05) is 0 Å². The number of carbonyl (C=O) groups is 1. The number of carboxylic acids is 1.